The van der Waals surface area contributed by atoms with Gasteiger partial charge in [-0.3, -0.25) is 15.0 Å². The van der Waals surface area contributed by atoms with Crippen molar-refractivity contribution in [3.63, 3.8) is 0 Å². The molecule has 18 heavy (non-hydrogen) atoms. The molecule has 0 bridgehead atoms. The standard InChI is InChI=1S/C13H14N3OSi/c1-18(2)17-13-6-4-3-5-12(13)16-10-11-9-14-7-8-15-11/h3-10H,1-2H3. The fourth-order valence-corrected chi connectivity index (χ4v) is 2.00. The van der Waals surface area contributed by atoms with Crippen molar-refractivity contribution in [1.29, 1.82) is 0 Å². The lowest BCUT2D eigenvalue weighted by molar-refractivity contribution is 0.582. The van der Waals surface area contributed by atoms with Gasteiger partial charge in [-0.2, -0.15) is 0 Å². The van der Waals surface area contributed by atoms with Gasteiger partial charge in [0.05, 0.1) is 18.1 Å². The van der Waals surface area contributed by atoms with Crippen LogP contribution in [0.1, 0.15) is 5.69 Å². The minimum atomic E-state index is -0.793. The van der Waals surface area contributed by atoms with Crippen molar-refractivity contribution < 1.29 is 4.43 Å². The van der Waals surface area contributed by atoms with Crippen LogP contribution in [0, 0.1) is 0 Å². The summed E-state index contributed by atoms with van der Waals surface area (Å²) in [5.74, 6) is 0.816. The van der Waals surface area contributed by atoms with E-state index in [0.717, 1.165) is 17.1 Å². The van der Waals surface area contributed by atoms with Gasteiger partial charge in [-0.05, 0) is 25.2 Å². The molecule has 5 heteroatoms. The third kappa shape index (κ3) is 3.49. The second-order valence-electron chi connectivity index (χ2n) is 3.87. The molecule has 0 amide bonds. The maximum absolute atomic E-state index is 5.79. The van der Waals surface area contributed by atoms with Crippen molar-refractivity contribution in [2.75, 3.05) is 0 Å². The van der Waals surface area contributed by atoms with Gasteiger partial charge in [0.15, 0.2) is 0 Å². The molecule has 0 unspecified atom stereocenters. The van der Waals surface area contributed by atoms with Gasteiger partial charge in [0, 0.05) is 12.4 Å². The van der Waals surface area contributed by atoms with Crippen molar-refractivity contribution in [2.45, 2.75) is 13.1 Å². The highest BCUT2D eigenvalue weighted by Gasteiger charge is 2.04. The second-order valence-corrected chi connectivity index (χ2v) is 5.89. The molecule has 0 aliphatic carbocycles. The summed E-state index contributed by atoms with van der Waals surface area (Å²) < 4.78 is 5.79. The lowest BCUT2D eigenvalue weighted by Gasteiger charge is -2.10. The van der Waals surface area contributed by atoms with E-state index < -0.39 is 9.04 Å². The van der Waals surface area contributed by atoms with Crippen LogP contribution < -0.4 is 4.43 Å². The SMILES string of the molecule is C[Si](C)Oc1ccccc1N=Cc1cnccn1. The molecule has 2 rings (SSSR count). The third-order valence-corrected chi connectivity index (χ3v) is 2.73. The Bertz CT molecular complexity index is 529. The number of hydrogen-bond donors (Lipinski definition) is 0. The Morgan fingerprint density at radius 3 is 2.78 bits per heavy atom. The van der Waals surface area contributed by atoms with Crippen LogP contribution in [0.15, 0.2) is 47.8 Å². The van der Waals surface area contributed by atoms with Gasteiger partial charge < -0.3 is 4.43 Å². The monoisotopic (exact) mass is 256 g/mol. The largest absolute Gasteiger partial charge is 0.541 e. The molecule has 1 heterocycles. The molecule has 0 fully saturated rings. The van der Waals surface area contributed by atoms with Gasteiger partial charge in [0.25, 0.3) is 9.04 Å². The first-order valence-electron chi connectivity index (χ1n) is 5.63. The Kier molecular flexibility index (Phi) is 4.19. The Balaban J connectivity index is 2.21. The van der Waals surface area contributed by atoms with Crippen LogP contribution in [0.25, 0.3) is 0 Å². The van der Waals surface area contributed by atoms with E-state index in [9.17, 15) is 0 Å². The van der Waals surface area contributed by atoms with Crippen LogP contribution >= 0.6 is 0 Å². The molecule has 4 nitrogen and oxygen atoms in total. The number of aliphatic imine (C=N–C) groups is 1. The second kappa shape index (κ2) is 6.06. The normalized spacial score (nSPS) is 11.1. The zero-order valence-electron chi connectivity index (χ0n) is 10.4. The fourth-order valence-electron chi connectivity index (χ4n) is 1.38. The summed E-state index contributed by atoms with van der Waals surface area (Å²) in [4.78, 5) is 12.5. The van der Waals surface area contributed by atoms with Crippen LogP contribution in [0.4, 0.5) is 5.69 Å². The highest BCUT2D eigenvalue weighted by atomic mass is 28.3. The Morgan fingerprint density at radius 1 is 1.22 bits per heavy atom. The Morgan fingerprint density at radius 2 is 2.06 bits per heavy atom. The van der Waals surface area contributed by atoms with E-state index in [-0.39, 0.29) is 0 Å². The van der Waals surface area contributed by atoms with Gasteiger partial charge in [0.2, 0.25) is 0 Å². The zero-order chi connectivity index (χ0) is 12.8. The number of hydrogen-bond acceptors (Lipinski definition) is 4. The van der Waals surface area contributed by atoms with Gasteiger partial charge in [-0.1, -0.05) is 12.1 Å². The van der Waals surface area contributed by atoms with Crippen molar-refractivity contribution in [2.24, 2.45) is 4.99 Å². The molecule has 2 aromatic rings. The highest BCUT2D eigenvalue weighted by Crippen LogP contribution is 2.27. The number of benzene rings is 1. The number of aromatic nitrogens is 2. The van der Waals surface area contributed by atoms with Gasteiger partial charge in [-0.25, -0.2) is 0 Å². The topological polar surface area (TPSA) is 47.4 Å². The summed E-state index contributed by atoms with van der Waals surface area (Å²) in [5, 5.41) is 0. The first-order valence-corrected chi connectivity index (χ1v) is 8.03. The predicted molar refractivity (Wildman–Crippen MR) is 73.8 cm³/mol. The summed E-state index contributed by atoms with van der Waals surface area (Å²) in [6, 6.07) is 7.74. The predicted octanol–water partition coefficient (Wildman–Crippen LogP) is 2.86. The van der Waals surface area contributed by atoms with Gasteiger partial charge in [0.1, 0.15) is 11.4 Å². The molecule has 0 N–H and O–H groups in total. The summed E-state index contributed by atoms with van der Waals surface area (Å²) >= 11 is 0. The minimum Gasteiger partial charge on any atom is -0.541 e. The van der Waals surface area contributed by atoms with E-state index in [4.69, 9.17) is 4.43 Å². The van der Waals surface area contributed by atoms with Crippen molar-refractivity contribution in [3.8, 4) is 5.75 Å². The maximum atomic E-state index is 5.79. The lowest BCUT2D eigenvalue weighted by Crippen LogP contribution is -2.11. The molecular weight excluding hydrogens is 242 g/mol. The molecule has 0 atom stereocenters. The maximum Gasteiger partial charge on any atom is 0.274 e. The molecule has 1 aromatic carbocycles. The molecule has 0 aliphatic rings. The minimum absolute atomic E-state index is 0.728. The van der Waals surface area contributed by atoms with Crippen molar-refractivity contribution in [3.05, 3.63) is 48.5 Å². The lowest BCUT2D eigenvalue weighted by atomic mass is 10.3. The first-order chi connectivity index (χ1) is 8.75. The summed E-state index contributed by atoms with van der Waals surface area (Å²) in [5.41, 5.74) is 1.54. The van der Waals surface area contributed by atoms with Crippen molar-refractivity contribution in [1.82, 2.24) is 9.97 Å². The van der Waals surface area contributed by atoms with E-state index in [1.807, 2.05) is 24.3 Å². The molecule has 0 saturated carbocycles. The van der Waals surface area contributed by atoms with E-state index >= 15 is 0 Å². The average Bonchev–Trinajstić information content (AvgIpc) is 2.38. The average molecular weight is 256 g/mol. The van der Waals surface area contributed by atoms with Crippen LogP contribution in [-0.2, 0) is 0 Å². The summed E-state index contributed by atoms with van der Waals surface area (Å²) in [7, 11) is -0.793. The third-order valence-electron chi connectivity index (χ3n) is 2.10. The molecule has 1 radical (unpaired) electrons. The Hall–Kier alpha value is -2.01. The molecule has 0 spiro atoms. The van der Waals surface area contributed by atoms with Crippen LogP contribution in [0.3, 0.4) is 0 Å². The number of nitrogens with zero attached hydrogens (tertiary/aromatic N) is 3. The number of rotatable bonds is 4. The summed E-state index contributed by atoms with van der Waals surface area (Å²) in [6.07, 6.45) is 6.63. The summed E-state index contributed by atoms with van der Waals surface area (Å²) in [6.45, 7) is 4.18. The first kappa shape index (κ1) is 12.4. The van der Waals surface area contributed by atoms with E-state index in [0.29, 0.717) is 0 Å². The van der Waals surface area contributed by atoms with Crippen molar-refractivity contribution >= 4 is 20.9 Å². The van der Waals surface area contributed by atoms with Gasteiger partial charge >= 0.3 is 0 Å². The molecule has 0 saturated heterocycles. The van der Waals surface area contributed by atoms with E-state index in [1.54, 1.807) is 24.8 Å². The number of para-hydroxylation sites is 2. The molecule has 0 aliphatic heterocycles. The fraction of sp³-hybridized carbons (Fsp3) is 0.154. The van der Waals surface area contributed by atoms with Crippen LogP contribution in [0.2, 0.25) is 13.1 Å². The molecular formula is C13H14N3OSi. The van der Waals surface area contributed by atoms with E-state index in [1.165, 1.54) is 0 Å². The zero-order valence-corrected chi connectivity index (χ0v) is 11.4. The van der Waals surface area contributed by atoms with E-state index in [2.05, 4.69) is 28.1 Å². The van der Waals surface area contributed by atoms with Gasteiger partial charge in [-0.15, -0.1) is 0 Å². The smallest absolute Gasteiger partial charge is 0.274 e. The highest BCUT2D eigenvalue weighted by molar-refractivity contribution is 6.49. The molecule has 91 valence electrons. The molecule has 1 aromatic heterocycles. The van der Waals surface area contributed by atoms with Crippen LogP contribution in [-0.4, -0.2) is 25.2 Å². The van der Waals surface area contributed by atoms with Crippen LogP contribution in [0.5, 0.6) is 5.75 Å². The quantitative estimate of drug-likeness (QED) is 0.624. The Labute approximate surface area is 108 Å².